The number of benzene rings is 2. The summed E-state index contributed by atoms with van der Waals surface area (Å²) in [7, 11) is 0. The maximum Gasteiger partial charge on any atom is 0.123 e. The van der Waals surface area contributed by atoms with Crippen LogP contribution in [0.5, 0.6) is 0 Å². The molecular formula is C21H17FN2O. The van der Waals surface area contributed by atoms with Crippen LogP contribution >= 0.6 is 0 Å². The molecule has 2 heterocycles. The lowest BCUT2D eigenvalue weighted by Crippen LogP contribution is -1.92. The molecule has 0 spiro atoms. The van der Waals surface area contributed by atoms with E-state index in [1.54, 1.807) is 23.6 Å². The summed E-state index contributed by atoms with van der Waals surface area (Å²) >= 11 is 0. The maximum atomic E-state index is 13.1. The molecule has 124 valence electrons. The second kappa shape index (κ2) is 6.15. The van der Waals surface area contributed by atoms with Gasteiger partial charge in [-0.3, -0.25) is 0 Å². The molecule has 0 radical (unpaired) electrons. The van der Waals surface area contributed by atoms with E-state index in [0.717, 1.165) is 33.5 Å². The third kappa shape index (κ3) is 3.04. The molecule has 4 aromatic rings. The Morgan fingerprint density at radius 2 is 1.68 bits per heavy atom. The van der Waals surface area contributed by atoms with Gasteiger partial charge in [-0.1, -0.05) is 18.2 Å². The maximum absolute atomic E-state index is 13.1. The first-order chi connectivity index (χ1) is 12.1. The van der Waals surface area contributed by atoms with Crippen molar-refractivity contribution in [3.05, 3.63) is 84.3 Å². The average molecular weight is 332 g/mol. The zero-order chi connectivity index (χ0) is 17.4. The summed E-state index contributed by atoms with van der Waals surface area (Å²) in [6.45, 7) is 1.76. The number of hydrogen-bond donors (Lipinski definition) is 1. The molecule has 1 unspecified atom stereocenters. The van der Waals surface area contributed by atoms with Crippen molar-refractivity contribution in [1.82, 2.24) is 9.61 Å². The summed E-state index contributed by atoms with van der Waals surface area (Å²) in [5.41, 5.74) is 5.63. The fourth-order valence-corrected chi connectivity index (χ4v) is 2.91. The monoisotopic (exact) mass is 332 g/mol. The molecule has 0 saturated heterocycles. The van der Waals surface area contributed by atoms with Crippen LogP contribution in [0.4, 0.5) is 4.39 Å². The largest absolute Gasteiger partial charge is 0.389 e. The molecule has 0 amide bonds. The minimum atomic E-state index is -0.497. The molecule has 0 bridgehead atoms. The summed E-state index contributed by atoms with van der Waals surface area (Å²) < 4.78 is 14.9. The Labute approximate surface area is 145 Å². The van der Waals surface area contributed by atoms with Crippen molar-refractivity contribution in [2.45, 2.75) is 13.0 Å². The van der Waals surface area contributed by atoms with Crippen molar-refractivity contribution in [3.63, 3.8) is 0 Å². The molecule has 2 aromatic heterocycles. The number of pyridine rings is 1. The second-order valence-corrected chi connectivity index (χ2v) is 6.12. The summed E-state index contributed by atoms with van der Waals surface area (Å²) in [4.78, 5) is 0. The van der Waals surface area contributed by atoms with E-state index >= 15 is 0 Å². The number of aromatic nitrogens is 2. The molecule has 4 heteroatoms. The van der Waals surface area contributed by atoms with E-state index in [1.807, 2.05) is 42.6 Å². The van der Waals surface area contributed by atoms with Crippen molar-refractivity contribution >= 4 is 5.52 Å². The average Bonchev–Trinajstić information content (AvgIpc) is 3.05. The molecule has 0 saturated carbocycles. The van der Waals surface area contributed by atoms with Crippen LogP contribution in [0.1, 0.15) is 18.6 Å². The highest BCUT2D eigenvalue weighted by molar-refractivity contribution is 5.73. The SMILES string of the molecule is CC(O)c1cccc(-c2ccn3nc(-c4ccc(F)cc4)cc3c2)c1. The van der Waals surface area contributed by atoms with Crippen LogP contribution < -0.4 is 0 Å². The van der Waals surface area contributed by atoms with Crippen LogP contribution in [-0.4, -0.2) is 14.7 Å². The standard InChI is InChI=1S/C21H17FN2O/c1-14(25)16-3-2-4-17(11-16)18-9-10-24-20(12-18)13-21(23-24)15-5-7-19(22)8-6-15/h2-14,25H,1H3. The molecule has 2 aromatic carbocycles. The highest BCUT2D eigenvalue weighted by Crippen LogP contribution is 2.26. The molecule has 0 aliphatic rings. The summed E-state index contributed by atoms with van der Waals surface area (Å²) in [5.74, 6) is -0.257. The van der Waals surface area contributed by atoms with E-state index in [-0.39, 0.29) is 5.82 Å². The number of nitrogens with zero attached hydrogens (tertiary/aromatic N) is 2. The van der Waals surface area contributed by atoms with Gasteiger partial charge in [0.05, 0.1) is 17.3 Å². The Morgan fingerprint density at radius 1 is 0.920 bits per heavy atom. The Balaban J connectivity index is 1.75. The molecule has 25 heavy (non-hydrogen) atoms. The highest BCUT2D eigenvalue weighted by Gasteiger charge is 2.08. The summed E-state index contributed by atoms with van der Waals surface area (Å²) in [5, 5.41) is 14.3. The van der Waals surface area contributed by atoms with Crippen molar-refractivity contribution in [2.75, 3.05) is 0 Å². The van der Waals surface area contributed by atoms with Crippen molar-refractivity contribution in [3.8, 4) is 22.4 Å². The van der Waals surface area contributed by atoms with E-state index in [9.17, 15) is 9.50 Å². The first kappa shape index (κ1) is 15.5. The predicted octanol–water partition coefficient (Wildman–Crippen LogP) is 4.86. The fraction of sp³-hybridized carbons (Fsp3) is 0.0952. The van der Waals surface area contributed by atoms with Gasteiger partial charge < -0.3 is 5.11 Å². The lowest BCUT2D eigenvalue weighted by molar-refractivity contribution is 0.199. The Morgan fingerprint density at radius 3 is 2.44 bits per heavy atom. The zero-order valence-electron chi connectivity index (χ0n) is 13.7. The van der Waals surface area contributed by atoms with Gasteiger partial charge in [0.2, 0.25) is 0 Å². The van der Waals surface area contributed by atoms with Crippen LogP contribution in [0, 0.1) is 5.82 Å². The molecule has 1 N–H and O–H groups in total. The first-order valence-electron chi connectivity index (χ1n) is 8.14. The van der Waals surface area contributed by atoms with Gasteiger partial charge in [0, 0.05) is 11.8 Å². The van der Waals surface area contributed by atoms with Gasteiger partial charge in [0.15, 0.2) is 0 Å². The minimum absolute atomic E-state index is 0.257. The number of rotatable bonds is 3. The Bertz CT molecular complexity index is 1040. The number of fused-ring (bicyclic) bond motifs is 1. The number of halogens is 1. The molecule has 1 atom stereocenters. The van der Waals surface area contributed by atoms with Gasteiger partial charge in [0.25, 0.3) is 0 Å². The lowest BCUT2D eigenvalue weighted by Gasteiger charge is -2.08. The van der Waals surface area contributed by atoms with Crippen molar-refractivity contribution in [2.24, 2.45) is 0 Å². The number of aliphatic hydroxyl groups is 1. The van der Waals surface area contributed by atoms with E-state index in [2.05, 4.69) is 11.2 Å². The third-order valence-corrected chi connectivity index (χ3v) is 4.31. The molecule has 3 nitrogen and oxygen atoms in total. The smallest absolute Gasteiger partial charge is 0.123 e. The van der Waals surface area contributed by atoms with Gasteiger partial charge in [-0.15, -0.1) is 0 Å². The number of aliphatic hydroxyl groups excluding tert-OH is 1. The lowest BCUT2D eigenvalue weighted by atomic mass is 10.0. The topological polar surface area (TPSA) is 37.5 Å². The zero-order valence-corrected chi connectivity index (χ0v) is 13.7. The van der Waals surface area contributed by atoms with E-state index in [0.29, 0.717) is 0 Å². The number of hydrogen-bond acceptors (Lipinski definition) is 2. The Hall–Kier alpha value is -2.98. The van der Waals surface area contributed by atoms with Crippen molar-refractivity contribution < 1.29 is 9.50 Å². The molecule has 0 fully saturated rings. The molecule has 4 rings (SSSR count). The van der Waals surface area contributed by atoms with E-state index in [4.69, 9.17) is 0 Å². The van der Waals surface area contributed by atoms with Crippen LogP contribution in [-0.2, 0) is 0 Å². The van der Waals surface area contributed by atoms with Gasteiger partial charge in [0.1, 0.15) is 5.82 Å². The van der Waals surface area contributed by atoms with Gasteiger partial charge in [-0.05, 0) is 72.1 Å². The Kier molecular flexibility index (Phi) is 3.82. The summed E-state index contributed by atoms with van der Waals surface area (Å²) in [6, 6.07) is 20.2. The molecule has 0 aliphatic carbocycles. The molecular weight excluding hydrogens is 315 g/mol. The van der Waals surface area contributed by atoms with Crippen LogP contribution in [0.3, 0.4) is 0 Å². The molecule has 0 aliphatic heterocycles. The predicted molar refractivity (Wildman–Crippen MR) is 96.7 cm³/mol. The van der Waals surface area contributed by atoms with Gasteiger partial charge in [-0.25, -0.2) is 8.91 Å². The third-order valence-electron chi connectivity index (χ3n) is 4.31. The van der Waals surface area contributed by atoms with E-state index < -0.39 is 6.10 Å². The quantitative estimate of drug-likeness (QED) is 0.582. The van der Waals surface area contributed by atoms with Gasteiger partial charge >= 0.3 is 0 Å². The van der Waals surface area contributed by atoms with Crippen LogP contribution in [0.2, 0.25) is 0 Å². The highest BCUT2D eigenvalue weighted by atomic mass is 19.1. The fourth-order valence-electron chi connectivity index (χ4n) is 2.91. The summed E-state index contributed by atoms with van der Waals surface area (Å²) in [6.07, 6.45) is 1.41. The second-order valence-electron chi connectivity index (χ2n) is 6.12. The van der Waals surface area contributed by atoms with Crippen LogP contribution in [0.15, 0.2) is 72.9 Å². The van der Waals surface area contributed by atoms with Crippen LogP contribution in [0.25, 0.3) is 27.9 Å². The first-order valence-corrected chi connectivity index (χ1v) is 8.14. The van der Waals surface area contributed by atoms with Gasteiger partial charge in [-0.2, -0.15) is 5.10 Å². The van der Waals surface area contributed by atoms with Crippen molar-refractivity contribution in [1.29, 1.82) is 0 Å². The van der Waals surface area contributed by atoms with E-state index in [1.165, 1.54) is 12.1 Å². The normalized spacial score (nSPS) is 12.4. The minimum Gasteiger partial charge on any atom is -0.389 e.